The van der Waals surface area contributed by atoms with Crippen molar-refractivity contribution in [2.45, 2.75) is 13.5 Å². The molecular formula is C17H18N6O. The molecule has 0 aliphatic rings. The number of anilines is 1. The highest BCUT2D eigenvalue weighted by Crippen LogP contribution is 2.29. The van der Waals surface area contributed by atoms with Gasteiger partial charge >= 0.3 is 0 Å². The number of benzene rings is 1. The van der Waals surface area contributed by atoms with E-state index in [9.17, 15) is 4.79 Å². The van der Waals surface area contributed by atoms with Crippen molar-refractivity contribution in [2.75, 3.05) is 12.3 Å². The van der Waals surface area contributed by atoms with Gasteiger partial charge in [-0.05, 0) is 6.92 Å². The van der Waals surface area contributed by atoms with E-state index in [2.05, 4.69) is 27.0 Å². The summed E-state index contributed by atoms with van der Waals surface area (Å²) in [5.41, 5.74) is 8.82. The molecule has 122 valence electrons. The smallest absolute Gasteiger partial charge is 0.246 e. The molecule has 3 rings (SSSR count). The lowest BCUT2D eigenvalue weighted by Gasteiger charge is -2.05. The zero-order chi connectivity index (χ0) is 17.1. The molecule has 0 radical (unpaired) electrons. The molecule has 0 atom stereocenters. The SMILES string of the molecule is C=C(C)C(=O)NCCn1nc(-c2ccccc2)c2c(N)ncnc21. The van der Waals surface area contributed by atoms with Crippen LogP contribution in [0.5, 0.6) is 0 Å². The van der Waals surface area contributed by atoms with Gasteiger partial charge in [0.15, 0.2) is 5.65 Å². The molecule has 7 nitrogen and oxygen atoms in total. The van der Waals surface area contributed by atoms with E-state index >= 15 is 0 Å². The molecule has 2 heterocycles. The third-order valence-corrected chi connectivity index (χ3v) is 3.60. The molecule has 24 heavy (non-hydrogen) atoms. The number of aromatic nitrogens is 4. The van der Waals surface area contributed by atoms with Crippen LogP contribution in [-0.2, 0) is 11.3 Å². The Kier molecular flexibility index (Phi) is 4.24. The summed E-state index contributed by atoms with van der Waals surface area (Å²) in [5, 5.41) is 8.13. The molecule has 0 fully saturated rings. The van der Waals surface area contributed by atoms with Crippen molar-refractivity contribution in [1.82, 2.24) is 25.1 Å². The van der Waals surface area contributed by atoms with Crippen LogP contribution in [0.15, 0.2) is 48.8 Å². The summed E-state index contributed by atoms with van der Waals surface area (Å²) < 4.78 is 1.73. The first-order valence-corrected chi connectivity index (χ1v) is 7.54. The van der Waals surface area contributed by atoms with Crippen LogP contribution in [0.2, 0.25) is 0 Å². The Labute approximate surface area is 139 Å². The third-order valence-electron chi connectivity index (χ3n) is 3.60. The van der Waals surface area contributed by atoms with Gasteiger partial charge in [-0.15, -0.1) is 0 Å². The van der Waals surface area contributed by atoms with E-state index in [4.69, 9.17) is 5.73 Å². The van der Waals surface area contributed by atoms with E-state index < -0.39 is 0 Å². The molecule has 1 amide bonds. The van der Waals surface area contributed by atoms with Gasteiger partial charge in [-0.3, -0.25) is 4.79 Å². The number of hydrogen-bond acceptors (Lipinski definition) is 5. The average Bonchev–Trinajstić information content (AvgIpc) is 2.96. The highest BCUT2D eigenvalue weighted by Gasteiger charge is 2.16. The minimum absolute atomic E-state index is 0.177. The summed E-state index contributed by atoms with van der Waals surface area (Å²) in [7, 11) is 0. The molecule has 0 spiro atoms. The number of hydrogen-bond donors (Lipinski definition) is 2. The Morgan fingerprint density at radius 3 is 2.75 bits per heavy atom. The molecule has 0 saturated heterocycles. The first-order valence-electron chi connectivity index (χ1n) is 7.54. The molecule has 0 aliphatic heterocycles. The first kappa shape index (κ1) is 15.7. The Hall–Kier alpha value is -3.22. The van der Waals surface area contributed by atoms with E-state index in [1.54, 1.807) is 11.6 Å². The van der Waals surface area contributed by atoms with Crippen LogP contribution >= 0.6 is 0 Å². The van der Waals surface area contributed by atoms with Crippen molar-refractivity contribution in [3.8, 4) is 11.3 Å². The Morgan fingerprint density at radius 1 is 1.29 bits per heavy atom. The lowest BCUT2D eigenvalue weighted by Crippen LogP contribution is -2.27. The number of nitrogen functional groups attached to an aromatic ring is 1. The highest BCUT2D eigenvalue weighted by molar-refractivity contribution is 5.98. The van der Waals surface area contributed by atoms with Crippen LogP contribution in [-0.4, -0.2) is 32.2 Å². The standard InChI is InChI=1S/C17H18N6O/c1-11(2)17(24)19-8-9-23-16-13(15(18)20-10-21-16)14(22-23)12-6-4-3-5-7-12/h3-7,10H,1,8-9H2,2H3,(H,19,24)(H2,18,20,21). The predicted molar refractivity (Wildman–Crippen MR) is 93.0 cm³/mol. The fraction of sp³-hybridized carbons (Fsp3) is 0.176. The second kappa shape index (κ2) is 6.49. The van der Waals surface area contributed by atoms with Gasteiger partial charge in [0.1, 0.15) is 17.8 Å². The van der Waals surface area contributed by atoms with E-state index in [1.165, 1.54) is 6.33 Å². The van der Waals surface area contributed by atoms with Gasteiger partial charge < -0.3 is 11.1 Å². The van der Waals surface area contributed by atoms with Crippen molar-refractivity contribution in [3.63, 3.8) is 0 Å². The van der Waals surface area contributed by atoms with E-state index in [0.29, 0.717) is 30.1 Å². The van der Waals surface area contributed by atoms with Crippen LogP contribution in [0, 0.1) is 0 Å². The zero-order valence-electron chi connectivity index (χ0n) is 13.4. The van der Waals surface area contributed by atoms with E-state index in [0.717, 1.165) is 16.6 Å². The lowest BCUT2D eigenvalue weighted by molar-refractivity contribution is -0.117. The second-order valence-electron chi connectivity index (χ2n) is 5.43. The number of nitrogens with two attached hydrogens (primary N) is 1. The Morgan fingerprint density at radius 2 is 2.04 bits per heavy atom. The molecule has 3 aromatic rings. The minimum atomic E-state index is -0.177. The van der Waals surface area contributed by atoms with Crippen molar-refractivity contribution in [1.29, 1.82) is 0 Å². The minimum Gasteiger partial charge on any atom is -0.383 e. The number of fused-ring (bicyclic) bond motifs is 1. The van der Waals surface area contributed by atoms with Gasteiger partial charge in [0, 0.05) is 17.7 Å². The molecule has 1 aromatic carbocycles. The largest absolute Gasteiger partial charge is 0.383 e. The number of rotatable bonds is 5. The van der Waals surface area contributed by atoms with Gasteiger partial charge in [-0.25, -0.2) is 14.6 Å². The van der Waals surface area contributed by atoms with E-state index in [1.807, 2.05) is 30.3 Å². The zero-order valence-corrected chi connectivity index (χ0v) is 13.4. The van der Waals surface area contributed by atoms with Crippen LogP contribution in [0.3, 0.4) is 0 Å². The summed E-state index contributed by atoms with van der Waals surface area (Å²) in [6.07, 6.45) is 1.41. The van der Waals surface area contributed by atoms with Gasteiger partial charge in [0.05, 0.1) is 11.9 Å². The van der Waals surface area contributed by atoms with Gasteiger partial charge in [-0.2, -0.15) is 5.10 Å². The third kappa shape index (κ3) is 2.96. The second-order valence-corrected chi connectivity index (χ2v) is 5.43. The summed E-state index contributed by atoms with van der Waals surface area (Å²) in [5.74, 6) is 0.208. The van der Waals surface area contributed by atoms with Crippen LogP contribution in [0.25, 0.3) is 22.3 Å². The summed E-state index contributed by atoms with van der Waals surface area (Å²) in [4.78, 5) is 20.0. The number of nitrogens with zero attached hydrogens (tertiary/aromatic N) is 4. The van der Waals surface area contributed by atoms with Crippen molar-refractivity contribution in [2.24, 2.45) is 0 Å². The molecular weight excluding hydrogens is 304 g/mol. The van der Waals surface area contributed by atoms with Crippen LogP contribution in [0.1, 0.15) is 6.92 Å². The molecule has 0 saturated carbocycles. The molecule has 7 heteroatoms. The summed E-state index contributed by atoms with van der Waals surface area (Å²) >= 11 is 0. The number of carbonyl (C=O) groups excluding carboxylic acids is 1. The van der Waals surface area contributed by atoms with Gasteiger partial charge in [0.25, 0.3) is 0 Å². The maximum Gasteiger partial charge on any atom is 0.246 e. The number of nitrogens with one attached hydrogen (secondary N) is 1. The van der Waals surface area contributed by atoms with E-state index in [-0.39, 0.29) is 5.91 Å². The van der Waals surface area contributed by atoms with Crippen LogP contribution < -0.4 is 11.1 Å². The number of carbonyl (C=O) groups is 1. The maximum absolute atomic E-state index is 11.6. The number of amides is 1. The van der Waals surface area contributed by atoms with Gasteiger partial charge in [-0.1, -0.05) is 36.9 Å². The molecule has 2 aromatic heterocycles. The lowest BCUT2D eigenvalue weighted by atomic mass is 10.1. The fourth-order valence-corrected chi connectivity index (χ4v) is 2.41. The van der Waals surface area contributed by atoms with Gasteiger partial charge in [0.2, 0.25) is 5.91 Å². The van der Waals surface area contributed by atoms with Crippen molar-refractivity contribution >= 4 is 22.8 Å². The molecule has 0 bridgehead atoms. The monoisotopic (exact) mass is 322 g/mol. The van der Waals surface area contributed by atoms with Crippen LogP contribution in [0.4, 0.5) is 5.82 Å². The highest BCUT2D eigenvalue weighted by atomic mass is 16.1. The molecule has 0 aliphatic carbocycles. The van der Waals surface area contributed by atoms with Crippen molar-refractivity contribution in [3.05, 3.63) is 48.8 Å². The molecule has 0 unspecified atom stereocenters. The Balaban J connectivity index is 1.96. The topological polar surface area (TPSA) is 98.7 Å². The predicted octanol–water partition coefficient (Wildman–Crippen LogP) is 1.77. The van der Waals surface area contributed by atoms with Crippen molar-refractivity contribution < 1.29 is 4.79 Å². The normalized spacial score (nSPS) is 10.7. The first-order chi connectivity index (χ1) is 11.6. The molecule has 3 N–H and O–H groups in total. The maximum atomic E-state index is 11.6. The fourth-order valence-electron chi connectivity index (χ4n) is 2.41. The Bertz CT molecular complexity index is 900. The summed E-state index contributed by atoms with van der Waals surface area (Å²) in [6.45, 7) is 6.17. The quantitative estimate of drug-likeness (QED) is 0.698. The summed E-state index contributed by atoms with van der Waals surface area (Å²) in [6, 6.07) is 9.74. The average molecular weight is 322 g/mol.